The van der Waals surface area contributed by atoms with Crippen LogP contribution in [0.1, 0.15) is 35.1 Å². The van der Waals surface area contributed by atoms with Gasteiger partial charge in [0.2, 0.25) is 0 Å². The van der Waals surface area contributed by atoms with E-state index in [0.29, 0.717) is 17.1 Å². The Bertz CT molecular complexity index is 1500. The first-order valence-electron chi connectivity index (χ1n) is 10.8. The number of para-hydroxylation sites is 1. The fourth-order valence-corrected chi connectivity index (χ4v) is 4.38. The lowest BCUT2D eigenvalue weighted by molar-refractivity contribution is 0.871. The molecule has 0 unspecified atom stereocenters. The van der Waals surface area contributed by atoms with Crippen LogP contribution in [0.15, 0.2) is 76.4 Å². The molecule has 0 amide bonds. The van der Waals surface area contributed by atoms with Crippen molar-refractivity contribution in [3.8, 4) is 5.69 Å². The van der Waals surface area contributed by atoms with Crippen molar-refractivity contribution in [2.45, 2.75) is 38.6 Å². The van der Waals surface area contributed by atoms with Crippen LogP contribution in [0.4, 0.5) is 0 Å². The number of aromatic nitrogens is 5. The number of allylic oxidation sites excluding steroid dienone is 2. The van der Waals surface area contributed by atoms with Crippen LogP contribution in [-0.4, -0.2) is 30.4 Å². The molecular weight excluding hydrogens is 444 g/mol. The van der Waals surface area contributed by atoms with E-state index < -0.39 is 0 Å². The summed E-state index contributed by atoms with van der Waals surface area (Å²) in [4.78, 5) is 21.4. The molecule has 172 valence electrons. The largest absolute Gasteiger partial charge is 0.270 e. The van der Waals surface area contributed by atoms with Crippen LogP contribution in [0.25, 0.3) is 16.9 Å². The van der Waals surface area contributed by atoms with Crippen LogP contribution in [0, 0.1) is 20.8 Å². The highest BCUT2D eigenvalue weighted by Crippen LogP contribution is 2.28. The van der Waals surface area contributed by atoms with Gasteiger partial charge in [-0.25, -0.2) is 4.98 Å². The molecule has 0 saturated heterocycles. The molecule has 0 bridgehead atoms. The Labute approximate surface area is 202 Å². The molecule has 7 nitrogen and oxygen atoms in total. The molecule has 0 aliphatic heterocycles. The maximum atomic E-state index is 12.7. The number of rotatable bonds is 7. The highest BCUT2D eigenvalue weighted by Gasteiger charge is 2.17. The summed E-state index contributed by atoms with van der Waals surface area (Å²) in [5.41, 5.74) is 6.42. The number of nitrogens with zero attached hydrogens (tertiary/aromatic N) is 6. The number of fused-ring (bicyclic) bond motifs is 1. The van der Waals surface area contributed by atoms with Crippen LogP contribution in [0.3, 0.4) is 0 Å². The number of thioether (sulfide) groups is 1. The average molecular weight is 471 g/mol. The number of hydrogen-bond donors (Lipinski definition) is 0. The molecule has 0 aliphatic carbocycles. The molecule has 1 aromatic carbocycles. The van der Waals surface area contributed by atoms with Crippen LogP contribution < -0.4 is 5.56 Å². The van der Waals surface area contributed by atoms with Gasteiger partial charge in [0.1, 0.15) is 5.65 Å². The average Bonchev–Trinajstić information content (AvgIpc) is 3.23. The van der Waals surface area contributed by atoms with Gasteiger partial charge < -0.3 is 0 Å². The lowest BCUT2D eigenvalue weighted by Gasteiger charge is -2.13. The first-order chi connectivity index (χ1) is 16.4. The van der Waals surface area contributed by atoms with Gasteiger partial charge in [0, 0.05) is 30.4 Å². The molecule has 8 heteroatoms. The predicted molar refractivity (Wildman–Crippen MR) is 139 cm³/mol. The second-order valence-corrected chi connectivity index (χ2v) is 8.94. The monoisotopic (exact) mass is 470 g/mol. The molecule has 0 spiro atoms. The first kappa shape index (κ1) is 23.4. The summed E-state index contributed by atoms with van der Waals surface area (Å²) in [6.07, 6.45) is 6.88. The molecule has 4 rings (SSSR count). The third-order valence-electron chi connectivity index (χ3n) is 5.53. The van der Waals surface area contributed by atoms with Crippen molar-refractivity contribution in [3.63, 3.8) is 0 Å². The lowest BCUT2D eigenvalue weighted by atomic mass is 10.2. The summed E-state index contributed by atoms with van der Waals surface area (Å²) < 4.78 is 3.62. The fraction of sp³-hybridized carbons (Fsp3) is 0.192. The third kappa shape index (κ3) is 4.77. The SMILES string of the molecule is C=CN=C/C=C(\C)c1nnc(SCc2cc(=O)n3cc(C)c(C)cc3n2)n1-c1ccccc1C. The molecule has 0 radical (unpaired) electrons. The zero-order valence-corrected chi connectivity index (χ0v) is 20.5. The van der Waals surface area contributed by atoms with Gasteiger partial charge in [-0.2, -0.15) is 0 Å². The minimum absolute atomic E-state index is 0.0926. The normalized spacial score (nSPS) is 12.1. The number of pyridine rings is 1. The Morgan fingerprint density at radius 2 is 1.91 bits per heavy atom. The molecule has 0 atom stereocenters. The summed E-state index contributed by atoms with van der Waals surface area (Å²) in [6, 6.07) is 11.6. The Balaban J connectivity index is 1.73. The van der Waals surface area contributed by atoms with E-state index in [2.05, 4.69) is 34.8 Å². The summed E-state index contributed by atoms with van der Waals surface area (Å²) in [5.74, 6) is 1.22. The van der Waals surface area contributed by atoms with Crippen molar-refractivity contribution in [2.75, 3.05) is 0 Å². The van der Waals surface area contributed by atoms with Crippen molar-refractivity contribution < 1.29 is 0 Å². The topological polar surface area (TPSA) is 77.4 Å². The molecule has 0 fully saturated rings. The van der Waals surface area contributed by atoms with E-state index in [4.69, 9.17) is 4.98 Å². The molecular formula is C26H26N6OS. The summed E-state index contributed by atoms with van der Waals surface area (Å²) >= 11 is 1.50. The van der Waals surface area contributed by atoms with Crippen LogP contribution in [-0.2, 0) is 5.75 Å². The van der Waals surface area contributed by atoms with E-state index in [1.807, 2.05) is 61.9 Å². The van der Waals surface area contributed by atoms with E-state index in [0.717, 1.165) is 38.9 Å². The van der Waals surface area contributed by atoms with Crippen molar-refractivity contribution in [2.24, 2.45) is 4.99 Å². The standard InChI is InChI=1S/C26H26N6OS/c1-6-27-12-11-18(3)25-29-30-26(32(25)22-10-8-7-9-17(22)2)34-16-21-14-24(33)31-15-20(5)19(4)13-23(31)28-21/h6-15H,1,16H2,2-5H3/b18-11+,27-12?. The minimum atomic E-state index is -0.0926. The molecule has 0 saturated carbocycles. The molecule has 3 heterocycles. The molecule has 34 heavy (non-hydrogen) atoms. The Morgan fingerprint density at radius 3 is 2.68 bits per heavy atom. The number of benzene rings is 1. The maximum Gasteiger partial charge on any atom is 0.258 e. The highest BCUT2D eigenvalue weighted by atomic mass is 32.2. The quantitative estimate of drug-likeness (QED) is 0.277. The van der Waals surface area contributed by atoms with Gasteiger partial charge in [0.15, 0.2) is 11.0 Å². The molecule has 3 aromatic heterocycles. The van der Waals surface area contributed by atoms with Crippen LogP contribution in [0.5, 0.6) is 0 Å². The summed E-state index contributed by atoms with van der Waals surface area (Å²) in [7, 11) is 0. The second kappa shape index (κ2) is 10.0. The Kier molecular flexibility index (Phi) is 6.88. The molecule has 4 aromatic rings. The van der Waals surface area contributed by atoms with E-state index in [1.165, 1.54) is 18.0 Å². The second-order valence-electron chi connectivity index (χ2n) is 8.00. The molecule has 0 N–H and O–H groups in total. The van der Waals surface area contributed by atoms with Crippen molar-refractivity contribution >= 4 is 29.2 Å². The van der Waals surface area contributed by atoms with Gasteiger partial charge in [-0.3, -0.25) is 18.8 Å². The molecule has 0 aliphatic rings. The zero-order valence-electron chi connectivity index (χ0n) is 19.7. The van der Waals surface area contributed by atoms with Gasteiger partial charge in [-0.15, -0.1) is 10.2 Å². The van der Waals surface area contributed by atoms with Gasteiger partial charge >= 0.3 is 0 Å². The van der Waals surface area contributed by atoms with Crippen LogP contribution in [0.2, 0.25) is 0 Å². The third-order valence-corrected chi connectivity index (χ3v) is 6.49. The summed E-state index contributed by atoms with van der Waals surface area (Å²) in [5, 5.41) is 9.65. The van der Waals surface area contributed by atoms with E-state index in [1.54, 1.807) is 16.7 Å². The highest BCUT2D eigenvalue weighted by molar-refractivity contribution is 7.98. The number of aryl methyl sites for hydroxylation is 3. The van der Waals surface area contributed by atoms with Gasteiger partial charge in [-0.1, -0.05) is 36.5 Å². The van der Waals surface area contributed by atoms with E-state index >= 15 is 0 Å². The summed E-state index contributed by atoms with van der Waals surface area (Å²) in [6.45, 7) is 11.6. The number of hydrogen-bond acceptors (Lipinski definition) is 6. The van der Waals surface area contributed by atoms with Gasteiger partial charge in [-0.05, 0) is 68.2 Å². The maximum absolute atomic E-state index is 12.7. The first-order valence-corrected chi connectivity index (χ1v) is 11.8. The van der Waals surface area contributed by atoms with E-state index in [-0.39, 0.29) is 5.56 Å². The Morgan fingerprint density at radius 1 is 1.12 bits per heavy atom. The van der Waals surface area contributed by atoms with Crippen molar-refractivity contribution in [1.29, 1.82) is 0 Å². The number of aliphatic imine (C=N–C) groups is 1. The van der Waals surface area contributed by atoms with Crippen molar-refractivity contribution in [3.05, 3.63) is 100 Å². The van der Waals surface area contributed by atoms with Crippen LogP contribution >= 0.6 is 11.8 Å². The van der Waals surface area contributed by atoms with Gasteiger partial charge in [0.05, 0.1) is 11.4 Å². The predicted octanol–water partition coefficient (Wildman–Crippen LogP) is 5.11. The van der Waals surface area contributed by atoms with Crippen molar-refractivity contribution in [1.82, 2.24) is 24.1 Å². The Hall–Kier alpha value is -3.78. The fourth-order valence-electron chi connectivity index (χ4n) is 3.55. The van der Waals surface area contributed by atoms with Gasteiger partial charge in [0.25, 0.3) is 5.56 Å². The minimum Gasteiger partial charge on any atom is -0.270 e. The lowest BCUT2D eigenvalue weighted by Crippen LogP contribution is -2.16. The van der Waals surface area contributed by atoms with E-state index in [9.17, 15) is 4.79 Å². The zero-order chi connectivity index (χ0) is 24.2. The smallest absolute Gasteiger partial charge is 0.258 e.